The number of thiol groups is 1. The van der Waals surface area contributed by atoms with Gasteiger partial charge < -0.3 is 16.0 Å². The van der Waals surface area contributed by atoms with E-state index in [0.29, 0.717) is 0 Å². The molecule has 3 N–H and O–H groups in total. The molecule has 0 fully saturated rings. The van der Waals surface area contributed by atoms with E-state index >= 15 is 0 Å². The van der Waals surface area contributed by atoms with E-state index in [0.717, 1.165) is 47.8 Å². The Labute approximate surface area is 143 Å². The van der Waals surface area contributed by atoms with E-state index in [4.69, 9.17) is 0 Å². The summed E-state index contributed by atoms with van der Waals surface area (Å²) in [7, 11) is 0. The van der Waals surface area contributed by atoms with Gasteiger partial charge in [-0.1, -0.05) is 29.8 Å². The summed E-state index contributed by atoms with van der Waals surface area (Å²) in [6, 6.07) is 15.1. The van der Waals surface area contributed by atoms with Gasteiger partial charge in [-0.25, -0.2) is 4.79 Å². The summed E-state index contributed by atoms with van der Waals surface area (Å²) in [5.41, 5.74) is 3.62. The van der Waals surface area contributed by atoms with Crippen LogP contribution in [0, 0.1) is 6.92 Å². The average Bonchev–Trinajstić information content (AvgIpc) is 2.55. The summed E-state index contributed by atoms with van der Waals surface area (Å²) in [6.07, 6.45) is 2.12. The van der Waals surface area contributed by atoms with Crippen molar-refractivity contribution >= 4 is 35.7 Å². The molecule has 122 valence electrons. The van der Waals surface area contributed by atoms with Gasteiger partial charge >= 0.3 is 6.03 Å². The number of anilines is 3. The maximum absolute atomic E-state index is 12.1. The molecular formula is C18H23N3OS. The zero-order chi connectivity index (χ0) is 16.5. The molecule has 0 aromatic heterocycles. The molecule has 0 radical (unpaired) electrons. The highest BCUT2D eigenvalue weighted by Gasteiger charge is 2.06. The van der Waals surface area contributed by atoms with Crippen LogP contribution >= 0.6 is 12.6 Å². The third-order valence-electron chi connectivity index (χ3n) is 3.39. The number of unbranched alkanes of at least 4 members (excludes halogenated alkanes) is 1. The van der Waals surface area contributed by atoms with Crippen LogP contribution in [0.15, 0.2) is 48.5 Å². The first-order chi connectivity index (χ1) is 11.2. The fourth-order valence-electron chi connectivity index (χ4n) is 2.13. The number of carbonyl (C=O) groups is 1. The first kappa shape index (κ1) is 17.2. The molecule has 2 amide bonds. The number of hydrogen-bond donors (Lipinski definition) is 4. The Kier molecular flexibility index (Phi) is 6.81. The second-order valence-electron chi connectivity index (χ2n) is 5.35. The smallest absolute Gasteiger partial charge is 0.323 e. The first-order valence-corrected chi connectivity index (χ1v) is 8.41. The maximum Gasteiger partial charge on any atom is 0.323 e. The largest absolute Gasteiger partial charge is 0.383 e. The number of nitrogens with one attached hydrogen (secondary N) is 3. The van der Waals surface area contributed by atoms with Crippen LogP contribution in [0.5, 0.6) is 0 Å². The molecule has 2 aromatic rings. The molecule has 2 rings (SSSR count). The summed E-state index contributed by atoms with van der Waals surface area (Å²) in [4.78, 5) is 12.1. The van der Waals surface area contributed by atoms with Crippen molar-refractivity contribution < 1.29 is 4.79 Å². The number of para-hydroxylation sites is 2. The Bertz CT molecular complexity index is 628. The summed E-state index contributed by atoms with van der Waals surface area (Å²) in [6.45, 7) is 2.87. The average molecular weight is 329 g/mol. The molecule has 5 heteroatoms. The van der Waals surface area contributed by atoms with Crippen LogP contribution in [0.2, 0.25) is 0 Å². The van der Waals surface area contributed by atoms with Crippen molar-refractivity contribution in [1.82, 2.24) is 0 Å². The lowest BCUT2D eigenvalue weighted by molar-refractivity contribution is 0.262. The normalized spacial score (nSPS) is 10.2. The van der Waals surface area contributed by atoms with E-state index in [9.17, 15) is 4.79 Å². The number of hydrogen-bond acceptors (Lipinski definition) is 3. The van der Waals surface area contributed by atoms with Crippen LogP contribution in [0.1, 0.15) is 18.4 Å². The molecule has 4 nitrogen and oxygen atoms in total. The predicted molar refractivity (Wildman–Crippen MR) is 102 cm³/mol. The van der Waals surface area contributed by atoms with Crippen LogP contribution in [0.3, 0.4) is 0 Å². The molecule has 0 atom stereocenters. The topological polar surface area (TPSA) is 53.2 Å². The number of benzene rings is 2. The van der Waals surface area contributed by atoms with Gasteiger partial charge in [-0.2, -0.15) is 12.6 Å². The molecule has 0 aliphatic heterocycles. The Balaban J connectivity index is 1.93. The number of amides is 2. The van der Waals surface area contributed by atoms with E-state index in [-0.39, 0.29) is 6.03 Å². The van der Waals surface area contributed by atoms with E-state index in [2.05, 4.69) is 28.6 Å². The van der Waals surface area contributed by atoms with Gasteiger partial charge in [-0.3, -0.25) is 0 Å². The zero-order valence-corrected chi connectivity index (χ0v) is 14.2. The molecule has 0 aliphatic carbocycles. The Morgan fingerprint density at radius 1 is 0.957 bits per heavy atom. The molecule has 0 unspecified atom stereocenters. The van der Waals surface area contributed by atoms with Crippen LogP contribution in [0.4, 0.5) is 21.9 Å². The van der Waals surface area contributed by atoms with Crippen molar-refractivity contribution in [2.75, 3.05) is 28.2 Å². The second kappa shape index (κ2) is 9.10. The summed E-state index contributed by atoms with van der Waals surface area (Å²) < 4.78 is 0. The molecule has 23 heavy (non-hydrogen) atoms. The Morgan fingerprint density at radius 2 is 1.65 bits per heavy atom. The fraction of sp³-hybridized carbons (Fsp3) is 0.278. The monoisotopic (exact) mass is 329 g/mol. The van der Waals surface area contributed by atoms with Gasteiger partial charge in [-0.15, -0.1) is 0 Å². The molecule has 0 spiro atoms. The lowest BCUT2D eigenvalue weighted by Crippen LogP contribution is -2.20. The third-order valence-corrected chi connectivity index (χ3v) is 3.70. The van der Waals surface area contributed by atoms with Crippen LogP contribution in [-0.2, 0) is 0 Å². The van der Waals surface area contributed by atoms with Crippen LogP contribution in [0.25, 0.3) is 0 Å². The third kappa shape index (κ3) is 5.87. The summed E-state index contributed by atoms with van der Waals surface area (Å²) in [5, 5.41) is 9.07. The maximum atomic E-state index is 12.1. The van der Waals surface area contributed by atoms with Gasteiger partial charge in [0.2, 0.25) is 0 Å². The highest BCUT2D eigenvalue weighted by Crippen LogP contribution is 2.21. The van der Waals surface area contributed by atoms with Gasteiger partial charge in [-0.05, 0) is 49.8 Å². The zero-order valence-electron chi connectivity index (χ0n) is 13.3. The van der Waals surface area contributed by atoms with E-state index in [1.54, 1.807) is 0 Å². The molecule has 0 saturated heterocycles. The van der Waals surface area contributed by atoms with Crippen LogP contribution in [-0.4, -0.2) is 18.3 Å². The standard InChI is InChI=1S/C18H23N3OS/c1-14-8-10-15(11-9-14)20-18(22)21-17-7-3-2-6-16(17)19-12-4-5-13-23/h2-3,6-11,19,23H,4-5,12-13H2,1H3,(H2,20,21,22). The first-order valence-electron chi connectivity index (χ1n) is 7.77. The minimum Gasteiger partial charge on any atom is -0.383 e. The Hall–Kier alpha value is -2.14. The number of aryl methyl sites for hydroxylation is 1. The lowest BCUT2D eigenvalue weighted by Gasteiger charge is -2.13. The van der Waals surface area contributed by atoms with E-state index in [1.165, 1.54) is 0 Å². The number of carbonyl (C=O) groups excluding carboxylic acids is 1. The SMILES string of the molecule is Cc1ccc(NC(=O)Nc2ccccc2NCCCCS)cc1. The van der Waals surface area contributed by atoms with Crippen molar-refractivity contribution in [3.63, 3.8) is 0 Å². The lowest BCUT2D eigenvalue weighted by atomic mass is 10.2. The highest BCUT2D eigenvalue weighted by molar-refractivity contribution is 7.80. The van der Waals surface area contributed by atoms with Gasteiger partial charge in [0.25, 0.3) is 0 Å². The molecule has 0 bridgehead atoms. The summed E-state index contributed by atoms with van der Waals surface area (Å²) >= 11 is 4.21. The van der Waals surface area contributed by atoms with E-state index in [1.807, 2.05) is 55.5 Å². The minimum absolute atomic E-state index is 0.251. The quantitative estimate of drug-likeness (QED) is 0.437. The Morgan fingerprint density at radius 3 is 2.35 bits per heavy atom. The molecule has 0 saturated carbocycles. The number of rotatable bonds is 7. The molecule has 2 aromatic carbocycles. The summed E-state index contributed by atoms with van der Waals surface area (Å²) in [5.74, 6) is 0.889. The fourth-order valence-corrected chi connectivity index (χ4v) is 2.35. The van der Waals surface area contributed by atoms with Crippen molar-refractivity contribution in [3.8, 4) is 0 Å². The minimum atomic E-state index is -0.251. The predicted octanol–water partition coefficient (Wildman–Crippen LogP) is 4.76. The van der Waals surface area contributed by atoms with Gasteiger partial charge in [0.1, 0.15) is 0 Å². The van der Waals surface area contributed by atoms with E-state index < -0.39 is 0 Å². The van der Waals surface area contributed by atoms with Gasteiger partial charge in [0.15, 0.2) is 0 Å². The van der Waals surface area contributed by atoms with Crippen molar-refractivity contribution in [3.05, 3.63) is 54.1 Å². The molecule has 0 heterocycles. The van der Waals surface area contributed by atoms with Crippen molar-refractivity contribution in [2.24, 2.45) is 0 Å². The van der Waals surface area contributed by atoms with Crippen molar-refractivity contribution in [2.45, 2.75) is 19.8 Å². The molecule has 0 aliphatic rings. The second-order valence-corrected chi connectivity index (χ2v) is 5.80. The van der Waals surface area contributed by atoms with Crippen LogP contribution < -0.4 is 16.0 Å². The molecular weight excluding hydrogens is 306 g/mol. The van der Waals surface area contributed by atoms with Crippen molar-refractivity contribution in [1.29, 1.82) is 0 Å². The highest BCUT2D eigenvalue weighted by atomic mass is 32.1. The van der Waals surface area contributed by atoms with Gasteiger partial charge in [0.05, 0.1) is 11.4 Å². The van der Waals surface area contributed by atoms with Gasteiger partial charge in [0, 0.05) is 12.2 Å². The number of urea groups is 1.